The first-order valence-electron chi connectivity index (χ1n) is 8.36. The Bertz CT molecular complexity index is 891. The second kappa shape index (κ2) is 7.73. The summed E-state index contributed by atoms with van der Waals surface area (Å²) in [6.07, 6.45) is 0.526. The molecular formula is C22H19ClO3. The first-order valence-corrected chi connectivity index (χ1v) is 8.73. The maximum Gasteiger partial charge on any atom is 0.303 e. The van der Waals surface area contributed by atoms with Crippen molar-refractivity contribution in [1.29, 1.82) is 0 Å². The minimum Gasteiger partial charge on any atom is -0.481 e. The molecule has 4 heteroatoms. The van der Waals surface area contributed by atoms with Gasteiger partial charge in [-0.2, -0.15) is 0 Å². The van der Waals surface area contributed by atoms with Crippen LogP contribution in [0.4, 0.5) is 0 Å². The molecule has 26 heavy (non-hydrogen) atoms. The Kier molecular flexibility index (Phi) is 5.40. The summed E-state index contributed by atoms with van der Waals surface area (Å²) in [6, 6.07) is 24.0. The largest absolute Gasteiger partial charge is 0.481 e. The van der Waals surface area contributed by atoms with Gasteiger partial charge in [-0.1, -0.05) is 84.4 Å². The number of hydrogen-bond acceptors (Lipinski definition) is 2. The zero-order chi connectivity index (χ0) is 18.6. The SMILES string of the molecule is O=C(O)CCc1ccc(C(O)(c2ccccc2)c2ccccc2Cl)cc1. The van der Waals surface area contributed by atoms with Gasteiger partial charge in [0.2, 0.25) is 0 Å². The van der Waals surface area contributed by atoms with Crippen LogP contribution in [0.3, 0.4) is 0 Å². The number of carboxylic acids is 1. The molecule has 0 saturated carbocycles. The number of rotatable bonds is 6. The van der Waals surface area contributed by atoms with Crippen LogP contribution < -0.4 is 0 Å². The van der Waals surface area contributed by atoms with E-state index in [2.05, 4.69) is 0 Å². The predicted octanol–water partition coefficient (Wildman–Crippen LogP) is 4.64. The van der Waals surface area contributed by atoms with E-state index in [0.717, 1.165) is 5.56 Å². The molecular weight excluding hydrogens is 348 g/mol. The number of carboxylic acid groups (broad SMARTS) is 1. The Morgan fingerprint density at radius 1 is 0.846 bits per heavy atom. The van der Waals surface area contributed by atoms with Gasteiger partial charge in [-0.15, -0.1) is 0 Å². The molecule has 0 aliphatic carbocycles. The number of aliphatic hydroxyl groups is 1. The first kappa shape index (κ1) is 18.2. The van der Waals surface area contributed by atoms with Crippen LogP contribution in [0, 0.1) is 0 Å². The molecule has 0 fully saturated rings. The van der Waals surface area contributed by atoms with Gasteiger partial charge < -0.3 is 10.2 Å². The van der Waals surface area contributed by atoms with Crippen molar-refractivity contribution in [2.75, 3.05) is 0 Å². The summed E-state index contributed by atoms with van der Waals surface area (Å²) in [5.41, 5.74) is 1.50. The van der Waals surface area contributed by atoms with Crippen molar-refractivity contribution in [1.82, 2.24) is 0 Å². The second-order valence-corrected chi connectivity index (χ2v) is 6.55. The highest BCUT2D eigenvalue weighted by atomic mass is 35.5. The van der Waals surface area contributed by atoms with Gasteiger partial charge in [-0.3, -0.25) is 4.79 Å². The van der Waals surface area contributed by atoms with Crippen molar-refractivity contribution in [3.8, 4) is 0 Å². The summed E-state index contributed by atoms with van der Waals surface area (Å²) >= 11 is 6.40. The fourth-order valence-electron chi connectivity index (χ4n) is 3.08. The predicted molar refractivity (Wildman–Crippen MR) is 102 cm³/mol. The van der Waals surface area contributed by atoms with Crippen LogP contribution in [-0.4, -0.2) is 16.2 Å². The Morgan fingerprint density at radius 3 is 2.04 bits per heavy atom. The van der Waals surface area contributed by atoms with Gasteiger partial charge in [-0.25, -0.2) is 0 Å². The topological polar surface area (TPSA) is 57.5 Å². The van der Waals surface area contributed by atoms with Crippen LogP contribution in [0.25, 0.3) is 0 Å². The Labute approximate surface area is 157 Å². The second-order valence-electron chi connectivity index (χ2n) is 6.15. The average Bonchev–Trinajstić information content (AvgIpc) is 2.67. The lowest BCUT2D eigenvalue weighted by Gasteiger charge is -2.31. The van der Waals surface area contributed by atoms with Crippen molar-refractivity contribution in [2.45, 2.75) is 18.4 Å². The van der Waals surface area contributed by atoms with Crippen LogP contribution >= 0.6 is 11.6 Å². The molecule has 0 heterocycles. The molecule has 2 N–H and O–H groups in total. The number of benzene rings is 3. The van der Waals surface area contributed by atoms with Crippen LogP contribution in [0.15, 0.2) is 78.9 Å². The van der Waals surface area contributed by atoms with Crippen molar-refractivity contribution in [3.63, 3.8) is 0 Å². The lowest BCUT2D eigenvalue weighted by Crippen LogP contribution is -2.29. The first-order chi connectivity index (χ1) is 12.5. The summed E-state index contributed by atoms with van der Waals surface area (Å²) in [6.45, 7) is 0. The summed E-state index contributed by atoms with van der Waals surface area (Å²) in [5, 5.41) is 21.0. The van der Waals surface area contributed by atoms with Crippen molar-refractivity contribution in [2.24, 2.45) is 0 Å². The van der Waals surface area contributed by atoms with Gasteiger partial charge in [0.05, 0.1) is 0 Å². The molecule has 0 bridgehead atoms. The minimum absolute atomic E-state index is 0.0762. The molecule has 0 aliphatic heterocycles. The number of aliphatic carboxylic acids is 1. The van der Waals surface area contributed by atoms with E-state index in [1.54, 1.807) is 6.07 Å². The Balaban J connectivity index is 2.07. The summed E-state index contributed by atoms with van der Waals surface area (Å²) in [4.78, 5) is 10.8. The fraction of sp³-hybridized carbons (Fsp3) is 0.136. The molecule has 3 rings (SSSR count). The van der Waals surface area contributed by atoms with Gasteiger partial charge in [0.15, 0.2) is 0 Å². The summed E-state index contributed by atoms with van der Waals surface area (Å²) < 4.78 is 0. The van der Waals surface area contributed by atoms with Crippen molar-refractivity contribution in [3.05, 3.63) is 106 Å². The van der Waals surface area contributed by atoms with E-state index in [1.165, 1.54) is 0 Å². The van der Waals surface area contributed by atoms with E-state index in [1.807, 2.05) is 72.8 Å². The molecule has 3 nitrogen and oxygen atoms in total. The van der Waals surface area contributed by atoms with Gasteiger partial charge in [-0.05, 0) is 29.2 Å². The van der Waals surface area contributed by atoms with E-state index in [4.69, 9.17) is 16.7 Å². The van der Waals surface area contributed by atoms with E-state index < -0.39 is 11.6 Å². The van der Waals surface area contributed by atoms with Crippen molar-refractivity contribution < 1.29 is 15.0 Å². The fourth-order valence-corrected chi connectivity index (χ4v) is 3.35. The summed E-state index contributed by atoms with van der Waals surface area (Å²) in [5.74, 6) is -0.828. The molecule has 0 radical (unpaired) electrons. The van der Waals surface area contributed by atoms with E-state index in [9.17, 15) is 9.90 Å². The molecule has 1 unspecified atom stereocenters. The molecule has 0 aromatic heterocycles. The van der Waals surface area contributed by atoms with Crippen LogP contribution in [0.2, 0.25) is 5.02 Å². The van der Waals surface area contributed by atoms with Crippen molar-refractivity contribution >= 4 is 17.6 Å². The highest BCUT2D eigenvalue weighted by molar-refractivity contribution is 6.31. The molecule has 0 saturated heterocycles. The molecule has 0 amide bonds. The van der Waals surface area contributed by atoms with E-state index in [-0.39, 0.29) is 6.42 Å². The molecule has 3 aromatic carbocycles. The van der Waals surface area contributed by atoms with Crippen LogP contribution in [0.5, 0.6) is 0 Å². The van der Waals surface area contributed by atoms with Gasteiger partial charge in [0.1, 0.15) is 5.60 Å². The Morgan fingerprint density at radius 2 is 1.42 bits per heavy atom. The van der Waals surface area contributed by atoms with Crippen LogP contribution in [0.1, 0.15) is 28.7 Å². The van der Waals surface area contributed by atoms with E-state index in [0.29, 0.717) is 28.1 Å². The Hall–Kier alpha value is -2.62. The standard InChI is InChI=1S/C22H19ClO3/c23-20-9-5-4-8-19(20)22(26,17-6-2-1-3-7-17)18-13-10-16(11-14-18)12-15-21(24)25/h1-11,13-14,26H,12,15H2,(H,24,25). The third-order valence-corrected chi connectivity index (χ3v) is 4.78. The molecule has 0 aliphatic rings. The number of hydrogen-bond donors (Lipinski definition) is 2. The van der Waals surface area contributed by atoms with Gasteiger partial charge in [0, 0.05) is 17.0 Å². The van der Waals surface area contributed by atoms with E-state index >= 15 is 0 Å². The number of aryl methyl sites for hydroxylation is 1. The molecule has 1 atom stereocenters. The monoisotopic (exact) mass is 366 g/mol. The quantitative estimate of drug-likeness (QED) is 0.625. The summed E-state index contributed by atoms with van der Waals surface area (Å²) in [7, 11) is 0. The van der Waals surface area contributed by atoms with Gasteiger partial charge >= 0.3 is 5.97 Å². The molecule has 3 aromatic rings. The van der Waals surface area contributed by atoms with Gasteiger partial charge in [0.25, 0.3) is 0 Å². The highest BCUT2D eigenvalue weighted by Crippen LogP contribution is 2.39. The zero-order valence-electron chi connectivity index (χ0n) is 14.1. The third-order valence-electron chi connectivity index (χ3n) is 4.45. The lowest BCUT2D eigenvalue weighted by atomic mass is 9.80. The maximum atomic E-state index is 11.7. The van der Waals surface area contributed by atoms with Crippen LogP contribution in [-0.2, 0) is 16.8 Å². The normalized spacial score (nSPS) is 13.2. The molecule has 132 valence electrons. The highest BCUT2D eigenvalue weighted by Gasteiger charge is 2.35. The zero-order valence-corrected chi connectivity index (χ0v) is 14.9. The number of halogens is 1. The lowest BCUT2D eigenvalue weighted by molar-refractivity contribution is -0.136. The smallest absolute Gasteiger partial charge is 0.303 e. The maximum absolute atomic E-state index is 11.7. The third kappa shape index (κ3) is 3.64. The number of carbonyl (C=O) groups is 1. The minimum atomic E-state index is -1.40. The molecule has 0 spiro atoms. The average molecular weight is 367 g/mol.